The van der Waals surface area contributed by atoms with Crippen molar-refractivity contribution in [1.29, 1.82) is 5.26 Å². The molecule has 3 aromatic rings. The van der Waals surface area contributed by atoms with E-state index in [2.05, 4.69) is 0 Å². The van der Waals surface area contributed by atoms with E-state index in [1.807, 2.05) is 6.92 Å². The van der Waals surface area contributed by atoms with E-state index in [0.29, 0.717) is 24.5 Å². The molecule has 0 heterocycles. The third kappa shape index (κ3) is 5.19. The van der Waals surface area contributed by atoms with Gasteiger partial charge in [0.2, 0.25) is 0 Å². The quantitative estimate of drug-likeness (QED) is 0.274. The summed E-state index contributed by atoms with van der Waals surface area (Å²) in [6, 6.07) is 5.77. The van der Waals surface area contributed by atoms with Crippen molar-refractivity contribution in [2.24, 2.45) is 0 Å². The molecule has 0 bridgehead atoms. The molecule has 0 aliphatic rings. The van der Waals surface area contributed by atoms with Gasteiger partial charge in [-0.2, -0.15) is 5.26 Å². The van der Waals surface area contributed by atoms with Crippen molar-refractivity contribution in [2.75, 3.05) is 0 Å². The Hall–Kier alpha value is -3.47. The molecule has 0 aromatic heterocycles. The third-order valence-electron chi connectivity index (χ3n) is 5.59. The molecule has 0 unspecified atom stereocenters. The fraction of sp³-hybridized carbons (Fsp3) is 0.269. The van der Waals surface area contributed by atoms with Crippen LogP contribution in [0.25, 0.3) is 11.1 Å². The van der Waals surface area contributed by atoms with Crippen LogP contribution >= 0.6 is 0 Å². The molecule has 3 aromatic carbocycles. The molecular formula is C26H21F6NO. The van der Waals surface area contributed by atoms with Crippen LogP contribution < -0.4 is 0 Å². The number of aryl methyl sites for hydroxylation is 2. The van der Waals surface area contributed by atoms with Gasteiger partial charge < -0.3 is 5.11 Å². The number of hydrogen-bond donors (Lipinski definition) is 1. The number of hydrogen-bond acceptors (Lipinski definition) is 2. The number of nitrogens with zero attached hydrogens (tertiary/aromatic N) is 1. The minimum absolute atomic E-state index is 0.0243. The van der Waals surface area contributed by atoms with Gasteiger partial charge in [0.05, 0.1) is 11.1 Å². The summed E-state index contributed by atoms with van der Waals surface area (Å²) in [6.45, 7) is 1.98. The molecule has 0 amide bonds. The van der Waals surface area contributed by atoms with Crippen molar-refractivity contribution >= 4 is 0 Å². The molecular weight excluding hydrogens is 456 g/mol. The average Bonchev–Trinajstić information content (AvgIpc) is 2.75. The minimum atomic E-state index is -1.37. The predicted octanol–water partition coefficient (Wildman–Crippen LogP) is 7.28. The van der Waals surface area contributed by atoms with Gasteiger partial charge in [0.25, 0.3) is 0 Å². The number of halogens is 6. The Labute approximate surface area is 193 Å². The zero-order valence-corrected chi connectivity index (χ0v) is 18.3. The van der Waals surface area contributed by atoms with Crippen LogP contribution in [0.3, 0.4) is 0 Å². The topological polar surface area (TPSA) is 44.0 Å². The van der Waals surface area contributed by atoms with Gasteiger partial charge >= 0.3 is 0 Å². The van der Waals surface area contributed by atoms with Crippen molar-refractivity contribution in [3.8, 4) is 22.9 Å². The van der Waals surface area contributed by atoms with E-state index < -0.39 is 69.3 Å². The molecule has 34 heavy (non-hydrogen) atoms. The van der Waals surface area contributed by atoms with Crippen LogP contribution in [-0.2, 0) is 19.3 Å². The zero-order valence-electron chi connectivity index (χ0n) is 18.3. The number of benzene rings is 3. The average molecular weight is 477 g/mol. The predicted molar refractivity (Wildman–Crippen MR) is 115 cm³/mol. The van der Waals surface area contributed by atoms with Crippen LogP contribution in [-0.4, -0.2) is 5.11 Å². The molecule has 8 heteroatoms. The van der Waals surface area contributed by atoms with Crippen molar-refractivity contribution in [2.45, 2.75) is 45.4 Å². The van der Waals surface area contributed by atoms with Crippen LogP contribution in [0.2, 0.25) is 0 Å². The SMILES string of the molecule is CCCCCc1cc(F)c(-c2c(O)cc(F)c(CCc3cc(F)c(C#N)c(F)c3)c2F)c(F)c1. The Kier molecular flexibility index (Phi) is 7.87. The normalized spacial score (nSPS) is 11.0. The van der Waals surface area contributed by atoms with E-state index in [1.54, 1.807) is 0 Å². The van der Waals surface area contributed by atoms with Crippen LogP contribution in [0.4, 0.5) is 26.3 Å². The third-order valence-corrected chi connectivity index (χ3v) is 5.59. The first-order valence-corrected chi connectivity index (χ1v) is 10.7. The van der Waals surface area contributed by atoms with E-state index in [-0.39, 0.29) is 12.0 Å². The van der Waals surface area contributed by atoms with E-state index in [1.165, 1.54) is 6.07 Å². The molecule has 0 atom stereocenters. The summed E-state index contributed by atoms with van der Waals surface area (Å²) in [7, 11) is 0. The summed E-state index contributed by atoms with van der Waals surface area (Å²) in [4.78, 5) is 0. The van der Waals surface area contributed by atoms with Gasteiger partial charge in [-0.1, -0.05) is 19.8 Å². The first-order chi connectivity index (χ1) is 16.2. The van der Waals surface area contributed by atoms with Crippen LogP contribution in [0, 0.1) is 46.2 Å². The van der Waals surface area contributed by atoms with Crippen LogP contribution in [0.1, 0.15) is 48.4 Å². The summed E-state index contributed by atoms with van der Waals surface area (Å²) in [5.74, 6) is -7.97. The molecule has 2 nitrogen and oxygen atoms in total. The monoisotopic (exact) mass is 477 g/mol. The lowest BCUT2D eigenvalue weighted by atomic mass is 9.94. The smallest absolute Gasteiger partial charge is 0.144 e. The lowest BCUT2D eigenvalue weighted by Crippen LogP contribution is -2.05. The highest BCUT2D eigenvalue weighted by molar-refractivity contribution is 5.73. The van der Waals surface area contributed by atoms with Crippen molar-refractivity contribution in [3.63, 3.8) is 0 Å². The lowest BCUT2D eigenvalue weighted by Gasteiger charge is -2.15. The number of phenols is 1. The van der Waals surface area contributed by atoms with E-state index >= 15 is 4.39 Å². The van der Waals surface area contributed by atoms with Gasteiger partial charge in [-0.25, -0.2) is 26.3 Å². The molecule has 0 radical (unpaired) electrons. The van der Waals surface area contributed by atoms with Gasteiger partial charge in [0, 0.05) is 11.6 Å². The molecule has 0 spiro atoms. The van der Waals surface area contributed by atoms with Crippen molar-refractivity contribution in [3.05, 3.63) is 87.5 Å². The van der Waals surface area contributed by atoms with E-state index in [9.17, 15) is 27.1 Å². The standard InChI is InChI=1S/C26H21F6NO/c1-2-3-4-5-14-10-21(30)24(22(31)11-14)25-23(34)12-20(29)16(26(25)32)7-6-15-8-18(27)17(13-33)19(28)9-15/h8-12,34H,2-7H2,1H3. The summed E-state index contributed by atoms with van der Waals surface area (Å²) in [6.07, 6.45) is 2.26. The molecule has 0 aliphatic carbocycles. The number of nitriles is 1. The van der Waals surface area contributed by atoms with Gasteiger partial charge in [-0.05, 0) is 61.1 Å². The Balaban J connectivity index is 1.97. The maximum atomic E-state index is 15.2. The number of rotatable bonds is 8. The highest BCUT2D eigenvalue weighted by Gasteiger charge is 2.25. The minimum Gasteiger partial charge on any atom is -0.507 e. The Morgan fingerprint density at radius 3 is 1.82 bits per heavy atom. The van der Waals surface area contributed by atoms with Gasteiger partial charge in [-0.15, -0.1) is 0 Å². The zero-order chi connectivity index (χ0) is 25.0. The van der Waals surface area contributed by atoms with Crippen molar-refractivity contribution in [1.82, 2.24) is 0 Å². The second-order valence-corrected chi connectivity index (χ2v) is 7.98. The first-order valence-electron chi connectivity index (χ1n) is 10.7. The van der Waals surface area contributed by atoms with E-state index in [4.69, 9.17) is 5.26 Å². The number of phenolic OH excluding ortho intramolecular Hbond substituents is 1. The van der Waals surface area contributed by atoms with Gasteiger partial charge in [-0.3, -0.25) is 0 Å². The Morgan fingerprint density at radius 1 is 0.706 bits per heavy atom. The largest absolute Gasteiger partial charge is 0.507 e. The molecule has 1 N–H and O–H groups in total. The fourth-order valence-corrected chi connectivity index (χ4v) is 3.85. The molecule has 3 rings (SSSR count). The molecule has 178 valence electrons. The molecule has 0 saturated carbocycles. The summed E-state index contributed by atoms with van der Waals surface area (Å²) in [5, 5.41) is 18.9. The first kappa shape index (κ1) is 25.2. The lowest BCUT2D eigenvalue weighted by molar-refractivity contribution is 0.457. The van der Waals surface area contributed by atoms with Gasteiger partial charge in [0.1, 0.15) is 52.3 Å². The highest BCUT2D eigenvalue weighted by atomic mass is 19.2. The number of aromatic hydroxyl groups is 1. The molecule has 0 fully saturated rings. The maximum absolute atomic E-state index is 15.2. The summed E-state index contributed by atoms with van der Waals surface area (Å²) >= 11 is 0. The van der Waals surface area contributed by atoms with Crippen LogP contribution in [0.15, 0.2) is 30.3 Å². The second kappa shape index (κ2) is 10.6. The van der Waals surface area contributed by atoms with Crippen LogP contribution in [0.5, 0.6) is 5.75 Å². The number of unbranched alkanes of at least 4 members (excludes halogenated alkanes) is 2. The molecule has 0 saturated heterocycles. The fourth-order valence-electron chi connectivity index (χ4n) is 3.85. The van der Waals surface area contributed by atoms with Gasteiger partial charge in [0.15, 0.2) is 0 Å². The highest BCUT2D eigenvalue weighted by Crippen LogP contribution is 2.39. The maximum Gasteiger partial charge on any atom is 0.144 e. The summed E-state index contributed by atoms with van der Waals surface area (Å²) in [5.41, 5.74) is -2.65. The van der Waals surface area contributed by atoms with Crippen molar-refractivity contribution < 1.29 is 31.4 Å². The molecule has 0 aliphatic heterocycles. The van der Waals surface area contributed by atoms with E-state index in [0.717, 1.165) is 37.1 Å². The Bertz CT molecular complexity index is 1220. The second-order valence-electron chi connectivity index (χ2n) is 7.98. The Morgan fingerprint density at radius 2 is 1.26 bits per heavy atom. The summed E-state index contributed by atoms with van der Waals surface area (Å²) < 4.78 is 86.9.